The third-order valence-electron chi connectivity index (χ3n) is 3.60. The fourth-order valence-corrected chi connectivity index (χ4v) is 2.67. The molecule has 6 nitrogen and oxygen atoms in total. The quantitative estimate of drug-likeness (QED) is 0.739. The maximum atomic E-state index is 10.4. The highest BCUT2D eigenvalue weighted by Gasteiger charge is 2.40. The van der Waals surface area contributed by atoms with Crippen LogP contribution in [0.3, 0.4) is 0 Å². The van der Waals surface area contributed by atoms with E-state index < -0.39 is 0 Å². The van der Waals surface area contributed by atoms with Crippen LogP contribution in [0.5, 0.6) is 0 Å². The van der Waals surface area contributed by atoms with E-state index in [2.05, 4.69) is 10.3 Å². The van der Waals surface area contributed by atoms with Crippen molar-refractivity contribution in [3.05, 3.63) is 17.3 Å². The molecule has 92 valence electrons. The zero-order chi connectivity index (χ0) is 11.7. The maximum absolute atomic E-state index is 10.4. The number of rotatable bonds is 2. The van der Waals surface area contributed by atoms with Crippen LogP contribution in [0.15, 0.2) is 17.6 Å². The van der Waals surface area contributed by atoms with E-state index in [0.29, 0.717) is 24.9 Å². The number of ether oxygens (including phenoxy) is 2. The minimum atomic E-state index is -0.338. The van der Waals surface area contributed by atoms with E-state index in [9.17, 15) is 4.91 Å². The molecule has 2 heterocycles. The van der Waals surface area contributed by atoms with E-state index in [-0.39, 0.29) is 5.79 Å². The molecule has 1 spiro atoms. The van der Waals surface area contributed by atoms with Crippen molar-refractivity contribution in [2.24, 2.45) is 5.18 Å². The topological polar surface area (TPSA) is 65.7 Å². The van der Waals surface area contributed by atoms with Gasteiger partial charge >= 0.3 is 0 Å². The number of hydrogen-bond acceptors (Lipinski definition) is 5. The molecule has 0 amide bonds. The van der Waals surface area contributed by atoms with Gasteiger partial charge < -0.3 is 9.47 Å². The summed E-state index contributed by atoms with van der Waals surface area (Å²) in [6, 6.07) is 0.323. The molecule has 1 aliphatic heterocycles. The number of nitrogens with zero attached hydrogens (tertiary/aromatic N) is 3. The van der Waals surface area contributed by atoms with Crippen LogP contribution in [0.4, 0.5) is 5.69 Å². The van der Waals surface area contributed by atoms with Gasteiger partial charge in [-0.05, 0) is 18.0 Å². The predicted molar refractivity (Wildman–Crippen MR) is 59.8 cm³/mol. The van der Waals surface area contributed by atoms with Gasteiger partial charge in [0, 0.05) is 12.8 Å². The summed E-state index contributed by atoms with van der Waals surface area (Å²) in [5.41, 5.74) is 0.388. The van der Waals surface area contributed by atoms with Gasteiger partial charge in [0.05, 0.1) is 31.6 Å². The van der Waals surface area contributed by atoms with Gasteiger partial charge in [-0.2, -0.15) is 5.10 Å². The van der Waals surface area contributed by atoms with E-state index in [4.69, 9.17) is 9.47 Å². The Morgan fingerprint density at radius 3 is 2.65 bits per heavy atom. The molecule has 0 atom stereocenters. The van der Waals surface area contributed by atoms with Crippen molar-refractivity contribution >= 4 is 5.69 Å². The largest absolute Gasteiger partial charge is 0.348 e. The second kappa shape index (κ2) is 4.19. The number of aromatic nitrogens is 2. The Morgan fingerprint density at radius 1 is 1.35 bits per heavy atom. The molecule has 0 unspecified atom stereocenters. The van der Waals surface area contributed by atoms with Crippen LogP contribution < -0.4 is 0 Å². The average molecular weight is 237 g/mol. The molecule has 0 N–H and O–H groups in total. The predicted octanol–water partition coefficient (Wildman–Crippen LogP) is 2.14. The average Bonchev–Trinajstić information content (AvgIpc) is 3.00. The number of hydrogen-bond donors (Lipinski definition) is 0. The molecule has 1 aromatic heterocycles. The third-order valence-corrected chi connectivity index (χ3v) is 3.60. The first-order chi connectivity index (χ1) is 8.31. The van der Waals surface area contributed by atoms with Crippen LogP contribution in [0.1, 0.15) is 31.7 Å². The second-order valence-electron chi connectivity index (χ2n) is 4.61. The highest BCUT2D eigenvalue weighted by Crippen LogP contribution is 2.40. The van der Waals surface area contributed by atoms with E-state index in [1.807, 2.05) is 4.68 Å². The zero-order valence-corrected chi connectivity index (χ0v) is 9.54. The van der Waals surface area contributed by atoms with Crippen LogP contribution >= 0.6 is 0 Å². The summed E-state index contributed by atoms with van der Waals surface area (Å²) in [5.74, 6) is -0.338. The monoisotopic (exact) mass is 237 g/mol. The van der Waals surface area contributed by atoms with Crippen molar-refractivity contribution in [3.63, 3.8) is 0 Å². The fourth-order valence-electron chi connectivity index (χ4n) is 2.67. The molecular formula is C11H15N3O3. The third kappa shape index (κ3) is 1.98. The first-order valence-corrected chi connectivity index (χ1v) is 5.97. The van der Waals surface area contributed by atoms with Gasteiger partial charge in [-0.3, -0.25) is 4.68 Å². The SMILES string of the molecule is O=Nc1cnn(C2CCC3(CC2)OCCO3)c1. The lowest BCUT2D eigenvalue weighted by Gasteiger charge is -2.35. The minimum absolute atomic E-state index is 0.323. The van der Waals surface area contributed by atoms with Gasteiger partial charge in [-0.15, -0.1) is 4.91 Å². The Hall–Kier alpha value is -1.27. The van der Waals surface area contributed by atoms with Crippen molar-refractivity contribution in [2.45, 2.75) is 37.5 Å². The molecule has 0 bridgehead atoms. The summed E-state index contributed by atoms with van der Waals surface area (Å²) in [5, 5.41) is 7.04. The Morgan fingerprint density at radius 2 is 2.06 bits per heavy atom. The van der Waals surface area contributed by atoms with E-state index in [0.717, 1.165) is 25.7 Å². The summed E-state index contributed by atoms with van der Waals surface area (Å²) >= 11 is 0. The molecule has 0 aromatic carbocycles. The smallest absolute Gasteiger partial charge is 0.168 e. The van der Waals surface area contributed by atoms with E-state index in [1.54, 1.807) is 6.20 Å². The highest BCUT2D eigenvalue weighted by atomic mass is 16.7. The van der Waals surface area contributed by atoms with Crippen LogP contribution in [-0.4, -0.2) is 28.8 Å². The van der Waals surface area contributed by atoms with Crippen molar-refractivity contribution in [3.8, 4) is 0 Å². The van der Waals surface area contributed by atoms with Gasteiger partial charge in [0.15, 0.2) is 5.79 Å². The molecule has 1 aliphatic carbocycles. The van der Waals surface area contributed by atoms with Gasteiger partial charge in [0.1, 0.15) is 5.69 Å². The van der Waals surface area contributed by atoms with Crippen LogP contribution in [-0.2, 0) is 9.47 Å². The summed E-state index contributed by atoms with van der Waals surface area (Å²) in [7, 11) is 0. The van der Waals surface area contributed by atoms with E-state index in [1.165, 1.54) is 6.20 Å². The lowest BCUT2D eigenvalue weighted by molar-refractivity contribution is -0.181. The van der Waals surface area contributed by atoms with Gasteiger partial charge in [-0.25, -0.2) is 0 Å². The Bertz CT molecular complexity index is 402. The molecule has 3 rings (SSSR count). The number of nitroso groups, excluding NO2 is 1. The zero-order valence-electron chi connectivity index (χ0n) is 9.54. The van der Waals surface area contributed by atoms with Crippen LogP contribution in [0, 0.1) is 4.91 Å². The summed E-state index contributed by atoms with van der Waals surface area (Å²) < 4.78 is 13.2. The lowest BCUT2D eigenvalue weighted by Crippen LogP contribution is -2.35. The lowest BCUT2D eigenvalue weighted by atomic mass is 9.90. The molecule has 1 saturated carbocycles. The summed E-state index contributed by atoms with van der Waals surface area (Å²) in [6.45, 7) is 1.40. The Labute approximate surface area is 98.9 Å². The first kappa shape index (κ1) is 10.9. The molecule has 0 radical (unpaired) electrons. The highest BCUT2D eigenvalue weighted by molar-refractivity contribution is 5.29. The molecule has 6 heteroatoms. The van der Waals surface area contributed by atoms with Crippen molar-refractivity contribution in [1.29, 1.82) is 0 Å². The molecule has 17 heavy (non-hydrogen) atoms. The van der Waals surface area contributed by atoms with Gasteiger partial charge in [-0.1, -0.05) is 0 Å². The minimum Gasteiger partial charge on any atom is -0.348 e. The molecule has 2 aliphatic rings. The molecular weight excluding hydrogens is 222 g/mol. The van der Waals surface area contributed by atoms with E-state index >= 15 is 0 Å². The Balaban J connectivity index is 1.66. The maximum Gasteiger partial charge on any atom is 0.168 e. The molecule has 1 aromatic rings. The summed E-state index contributed by atoms with van der Waals surface area (Å²) in [6.07, 6.45) is 6.90. The van der Waals surface area contributed by atoms with Gasteiger partial charge in [0.25, 0.3) is 0 Å². The molecule has 2 fully saturated rings. The van der Waals surface area contributed by atoms with Crippen molar-refractivity contribution in [1.82, 2.24) is 9.78 Å². The van der Waals surface area contributed by atoms with Crippen molar-refractivity contribution < 1.29 is 9.47 Å². The molecule has 1 saturated heterocycles. The van der Waals surface area contributed by atoms with Gasteiger partial charge in [0.2, 0.25) is 0 Å². The van der Waals surface area contributed by atoms with Crippen molar-refractivity contribution in [2.75, 3.05) is 13.2 Å². The second-order valence-corrected chi connectivity index (χ2v) is 4.61. The fraction of sp³-hybridized carbons (Fsp3) is 0.727. The first-order valence-electron chi connectivity index (χ1n) is 5.97. The normalized spacial score (nSPS) is 24.2. The van der Waals surface area contributed by atoms with Crippen LogP contribution in [0.25, 0.3) is 0 Å². The van der Waals surface area contributed by atoms with Crippen LogP contribution in [0.2, 0.25) is 0 Å². The Kier molecular flexibility index (Phi) is 2.68. The standard InChI is InChI=1S/C11H15N3O3/c15-13-9-7-12-14(8-9)10-1-3-11(4-2-10)16-5-6-17-11/h7-8,10H,1-6H2. The summed E-state index contributed by atoms with van der Waals surface area (Å²) in [4.78, 5) is 10.4.